The predicted octanol–water partition coefficient (Wildman–Crippen LogP) is 4.95. The third-order valence-corrected chi connectivity index (χ3v) is 8.12. The van der Waals surface area contributed by atoms with Gasteiger partial charge in [0, 0.05) is 38.9 Å². The van der Waals surface area contributed by atoms with Crippen LogP contribution >= 0.6 is 0 Å². The first kappa shape index (κ1) is 26.1. The summed E-state index contributed by atoms with van der Waals surface area (Å²) in [5.74, 6) is 3.31. The molecular weight excluding hydrogens is 489 g/mol. The van der Waals surface area contributed by atoms with Crippen LogP contribution in [0.5, 0.6) is 5.75 Å². The molecule has 0 unspecified atom stereocenters. The Morgan fingerprint density at radius 1 is 1.16 bits per heavy atom. The van der Waals surface area contributed by atoms with Crippen molar-refractivity contribution >= 4 is 6.09 Å². The number of aromatic nitrogens is 6. The van der Waals surface area contributed by atoms with E-state index in [0.29, 0.717) is 18.2 Å². The minimum atomic E-state index is -1.63. The van der Waals surface area contributed by atoms with Gasteiger partial charge in [0.1, 0.15) is 23.9 Å². The Morgan fingerprint density at radius 3 is 2.58 bits per heavy atom. The Kier molecular flexibility index (Phi) is 7.36. The van der Waals surface area contributed by atoms with Crippen molar-refractivity contribution in [1.29, 1.82) is 0 Å². The van der Waals surface area contributed by atoms with Crippen LogP contribution in [-0.4, -0.2) is 58.9 Å². The fourth-order valence-corrected chi connectivity index (χ4v) is 5.54. The Morgan fingerprint density at radius 2 is 1.89 bits per heavy atom. The molecule has 11 heteroatoms. The maximum Gasteiger partial charge on any atom is 0.407 e. The third kappa shape index (κ3) is 5.37. The van der Waals surface area contributed by atoms with Crippen LogP contribution in [0.4, 0.5) is 9.18 Å². The first-order chi connectivity index (χ1) is 18.2. The molecule has 2 aliphatic rings. The minimum Gasteiger partial charge on any atom is -0.486 e. The van der Waals surface area contributed by atoms with Crippen LogP contribution < -0.4 is 4.74 Å². The van der Waals surface area contributed by atoms with Gasteiger partial charge in [-0.25, -0.2) is 13.9 Å². The Hall–Kier alpha value is -3.50. The third-order valence-electron chi connectivity index (χ3n) is 8.12. The van der Waals surface area contributed by atoms with Gasteiger partial charge >= 0.3 is 6.09 Å². The van der Waals surface area contributed by atoms with Gasteiger partial charge in [0.15, 0.2) is 11.5 Å². The molecule has 5 rings (SSSR count). The molecule has 0 bridgehead atoms. The quantitative estimate of drug-likeness (QED) is 0.465. The van der Waals surface area contributed by atoms with Crippen LogP contribution in [0.1, 0.15) is 93.2 Å². The number of benzene rings is 1. The number of alkyl halides is 1. The molecule has 1 aliphatic heterocycles. The number of carbonyl (C=O) groups is 1. The highest BCUT2D eigenvalue weighted by molar-refractivity contribution is 5.65. The molecule has 0 spiro atoms. The molecule has 3 aromatic rings. The van der Waals surface area contributed by atoms with Crippen molar-refractivity contribution < 1.29 is 19.0 Å². The summed E-state index contributed by atoms with van der Waals surface area (Å²) in [6, 6.07) is 8.30. The van der Waals surface area contributed by atoms with Crippen molar-refractivity contribution in [1.82, 2.24) is 34.7 Å². The normalized spacial score (nSPS) is 21.6. The molecule has 0 atom stereocenters. The van der Waals surface area contributed by atoms with Gasteiger partial charge in [0.25, 0.3) is 0 Å². The second kappa shape index (κ2) is 10.7. The molecule has 3 heterocycles. The monoisotopic (exact) mass is 525 g/mol. The zero-order valence-electron chi connectivity index (χ0n) is 22.3. The smallest absolute Gasteiger partial charge is 0.407 e. The highest BCUT2D eigenvalue weighted by Gasteiger charge is 2.40. The average Bonchev–Trinajstić information content (AvgIpc) is 3.56. The van der Waals surface area contributed by atoms with Gasteiger partial charge in [-0.3, -0.25) is 0 Å². The Bertz CT molecular complexity index is 1260. The van der Waals surface area contributed by atoms with E-state index in [9.17, 15) is 4.79 Å². The highest BCUT2D eigenvalue weighted by atomic mass is 19.1. The summed E-state index contributed by atoms with van der Waals surface area (Å²) >= 11 is 0. The van der Waals surface area contributed by atoms with Gasteiger partial charge in [0.05, 0.1) is 12.2 Å². The number of halogens is 1. The van der Waals surface area contributed by atoms with Crippen molar-refractivity contribution in [2.24, 2.45) is 7.05 Å². The second-order valence-electron chi connectivity index (χ2n) is 10.9. The molecule has 1 aliphatic carbocycles. The molecule has 204 valence electrons. The van der Waals surface area contributed by atoms with Gasteiger partial charge in [-0.1, -0.05) is 31.2 Å². The fourth-order valence-electron chi connectivity index (χ4n) is 5.54. The van der Waals surface area contributed by atoms with E-state index in [2.05, 4.69) is 46.5 Å². The summed E-state index contributed by atoms with van der Waals surface area (Å²) < 4.78 is 25.4. The maximum atomic E-state index is 15.5. The predicted molar refractivity (Wildman–Crippen MR) is 138 cm³/mol. The van der Waals surface area contributed by atoms with Crippen LogP contribution in [0.15, 0.2) is 30.5 Å². The minimum absolute atomic E-state index is 0.103. The summed E-state index contributed by atoms with van der Waals surface area (Å²) in [6.45, 7) is 5.01. The van der Waals surface area contributed by atoms with E-state index in [1.807, 2.05) is 23.7 Å². The zero-order chi connectivity index (χ0) is 26.9. The fraction of sp³-hybridized carbons (Fsp3) is 0.593. The van der Waals surface area contributed by atoms with Crippen LogP contribution in [0.2, 0.25) is 0 Å². The van der Waals surface area contributed by atoms with Gasteiger partial charge < -0.3 is 19.3 Å². The van der Waals surface area contributed by atoms with E-state index in [1.54, 1.807) is 10.9 Å². The molecule has 2 aromatic heterocycles. The number of likely N-dealkylation sites (tertiary alicyclic amines) is 1. The number of nitrogens with zero attached hydrogens (tertiary/aromatic N) is 7. The zero-order valence-corrected chi connectivity index (χ0v) is 22.3. The molecule has 2 fully saturated rings. The molecule has 1 aromatic carbocycles. The Balaban J connectivity index is 1.16. The number of amides is 1. The van der Waals surface area contributed by atoms with E-state index in [4.69, 9.17) is 9.84 Å². The number of ether oxygens (including phenoxy) is 1. The van der Waals surface area contributed by atoms with E-state index in [1.165, 1.54) is 10.5 Å². The van der Waals surface area contributed by atoms with Crippen LogP contribution in [-0.2, 0) is 19.3 Å². The van der Waals surface area contributed by atoms with Crippen molar-refractivity contribution in [2.75, 3.05) is 13.1 Å². The summed E-state index contributed by atoms with van der Waals surface area (Å²) in [6.07, 6.45) is 4.55. The van der Waals surface area contributed by atoms with Gasteiger partial charge in [-0.15, -0.1) is 15.3 Å². The highest BCUT2D eigenvalue weighted by Crippen LogP contribution is 2.39. The number of piperidine rings is 1. The van der Waals surface area contributed by atoms with Crippen LogP contribution in [0, 0.1) is 0 Å². The van der Waals surface area contributed by atoms with E-state index < -0.39 is 11.8 Å². The lowest BCUT2D eigenvalue weighted by Crippen LogP contribution is -2.42. The largest absolute Gasteiger partial charge is 0.486 e. The first-order valence-electron chi connectivity index (χ1n) is 13.4. The summed E-state index contributed by atoms with van der Waals surface area (Å²) in [7, 11) is 1.99. The lowest BCUT2D eigenvalue weighted by Gasteiger charge is -2.33. The van der Waals surface area contributed by atoms with E-state index >= 15 is 4.39 Å². The molecular formula is C27H36FN7O3. The first-order valence-corrected chi connectivity index (χ1v) is 13.4. The number of rotatable bonds is 7. The van der Waals surface area contributed by atoms with Crippen LogP contribution in [0.25, 0.3) is 0 Å². The van der Waals surface area contributed by atoms with Crippen molar-refractivity contribution in [3.8, 4) is 5.75 Å². The lowest BCUT2D eigenvalue weighted by molar-refractivity contribution is 0.0520. The van der Waals surface area contributed by atoms with Gasteiger partial charge in [-0.2, -0.15) is 0 Å². The number of hydrogen-bond donors (Lipinski definition) is 1. The number of carboxylic acid groups (broad SMARTS) is 1. The molecule has 10 nitrogen and oxygen atoms in total. The average molecular weight is 526 g/mol. The SMILES string of the molecule is CC(C)c1cccc(OCc2nnc([C@H]3CC[C@H](n4cc(C5(F)CCN(C(=O)O)CC5)nn4)CC3)n2C)c1. The van der Waals surface area contributed by atoms with Crippen LogP contribution in [0.3, 0.4) is 0 Å². The number of hydrogen-bond acceptors (Lipinski definition) is 6. The Labute approximate surface area is 221 Å². The van der Waals surface area contributed by atoms with E-state index in [0.717, 1.165) is 43.1 Å². The molecule has 1 saturated carbocycles. The summed E-state index contributed by atoms with van der Waals surface area (Å²) in [5.41, 5.74) is -0.0848. The standard InChI is InChI=1S/C27H36FN7O3/c1-18(2)20-5-4-6-22(15-20)38-17-24-30-31-25(33(24)3)19-7-9-21(10-8-19)35-16-23(29-32-35)27(28)11-13-34(14-12-27)26(36)37/h4-6,15-16,18-19,21H,7-14,17H2,1-3H3,(H,36,37)/t19-,21-. The molecule has 38 heavy (non-hydrogen) atoms. The molecule has 1 N–H and O–H groups in total. The topological polar surface area (TPSA) is 111 Å². The molecule has 1 saturated heterocycles. The van der Waals surface area contributed by atoms with Gasteiger partial charge in [-0.05, 0) is 49.3 Å². The van der Waals surface area contributed by atoms with E-state index in [-0.39, 0.29) is 37.9 Å². The van der Waals surface area contributed by atoms with Crippen molar-refractivity contribution in [2.45, 2.75) is 82.5 Å². The summed E-state index contributed by atoms with van der Waals surface area (Å²) in [4.78, 5) is 12.4. The van der Waals surface area contributed by atoms with Gasteiger partial charge in [0.2, 0.25) is 0 Å². The second-order valence-corrected chi connectivity index (χ2v) is 10.9. The van der Waals surface area contributed by atoms with Crippen molar-refractivity contribution in [3.63, 3.8) is 0 Å². The summed E-state index contributed by atoms with van der Waals surface area (Å²) in [5, 5.41) is 26.4. The molecule has 1 amide bonds. The molecule has 0 radical (unpaired) electrons. The lowest BCUT2D eigenvalue weighted by atomic mass is 9.85. The maximum absolute atomic E-state index is 15.5. The van der Waals surface area contributed by atoms with Crippen molar-refractivity contribution in [3.05, 3.63) is 53.4 Å².